The molecule has 3 heterocycles. The van der Waals surface area contributed by atoms with Gasteiger partial charge in [-0.1, -0.05) is 42.2 Å². The molecular formula is C23H27N3O3S2. The molecule has 2 aromatic rings. The van der Waals surface area contributed by atoms with Crippen LogP contribution in [0.1, 0.15) is 31.7 Å². The molecule has 0 saturated carbocycles. The van der Waals surface area contributed by atoms with Gasteiger partial charge in [-0.15, -0.1) is 0 Å². The number of carbonyl (C=O) groups is 2. The van der Waals surface area contributed by atoms with Gasteiger partial charge in [0.05, 0.1) is 18.1 Å². The van der Waals surface area contributed by atoms with Gasteiger partial charge < -0.3 is 14.2 Å². The summed E-state index contributed by atoms with van der Waals surface area (Å²) in [6.07, 6.45) is 7.18. The maximum absolute atomic E-state index is 13.0. The minimum atomic E-state index is -0.0953. The fourth-order valence-corrected chi connectivity index (χ4v) is 5.54. The van der Waals surface area contributed by atoms with E-state index >= 15 is 0 Å². The number of carbonyl (C=O) groups excluding carboxylic acids is 2. The summed E-state index contributed by atoms with van der Waals surface area (Å²) < 4.78 is 7.63. The van der Waals surface area contributed by atoms with E-state index in [0.717, 1.165) is 35.9 Å². The van der Waals surface area contributed by atoms with Crippen molar-refractivity contribution < 1.29 is 14.3 Å². The standard InChI is InChI=1S/C23H27N3O3S2/c1-16-7-5-6-10-25(16)21(27)15-24-14-17(18-8-3-4-9-19(18)24)13-20-22(28)26(11-12-29-2)23(30)31-20/h3-4,8-9,13-14,16H,5-7,10-12,15H2,1-2H3/b20-13-/t16-/m1/s1. The number of hydrogen-bond donors (Lipinski definition) is 0. The fourth-order valence-electron chi connectivity index (χ4n) is 4.24. The van der Waals surface area contributed by atoms with Crippen LogP contribution >= 0.6 is 24.0 Å². The van der Waals surface area contributed by atoms with Crippen molar-refractivity contribution in [1.29, 1.82) is 0 Å². The fraction of sp³-hybridized carbons (Fsp3) is 0.435. The molecule has 6 nitrogen and oxygen atoms in total. The summed E-state index contributed by atoms with van der Waals surface area (Å²) in [5, 5.41) is 1.02. The molecule has 1 aromatic heterocycles. The van der Waals surface area contributed by atoms with Gasteiger partial charge in [0.15, 0.2) is 0 Å². The predicted octanol–water partition coefficient (Wildman–Crippen LogP) is 3.89. The molecule has 2 saturated heterocycles. The molecule has 2 aliphatic heterocycles. The monoisotopic (exact) mass is 457 g/mol. The van der Waals surface area contributed by atoms with Crippen molar-refractivity contribution in [2.24, 2.45) is 0 Å². The third kappa shape index (κ3) is 4.56. The maximum Gasteiger partial charge on any atom is 0.266 e. The molecular weight excluding hydrogens is 430 g/mol. The number of nitrogens with zero attached hydrogens (tertiary/aromatic N) is 3. The van der Waals surface area contributed by atoms with Crippen LogP contribution < -0.4 is 0 Å². The van der Waals surface area contributed by atoms with Crippen molar-refractivity contribution in [3.8, 4) is 0 Å². The number of fused-ring (bicyclic) bond motifs is 1. The van der Waals surface area contributed by atoms with E-state index in [1.54, 1.807) is 12.0 Å². The molecule has 0 unspecified atom stereocenters. The Balaban J connectivity index is 1.61. The first-order chi connectivity index (χ1) is 15.0. The molecule has 0 spiro atoms. The number of benzene rings is 1. The summed E-state index contributed by atoms with van der Waals surface area (Å²) >= 11 is 6.69. The molecule has 0 radical (unpaired) electrons. The summed E-state index contributed by atoms with van der Waals surface area (Å²) in [6, 6.07) is 8.28. The van der Waals surface area contributed by atoms with Crippen molar-refractivity contribution >= 4 is 57.1 Å². The van der Waals surface area contributed by atoms with E-state index in [1.165, 1.54) is 18.2 Å². The maximum atomic E-state index is 13.0. The number of amides is 2. The second-order valence-electron chi connectivity index (χ2n) is 7.99. The number of ether oxygens (including phenoxy) is 1. The predicted molar refractivity (Wildman–Crippen MR) is 129 cm³/mol. The van der Waals surface area contributed by atoms with Crippen LogP contribution in [0.25, 0.3) is 17.0 Å². The SMILES string of the molecule is COCCN1C(=O)/C(=C/c2cn(CC(=O)N3CCCC[C@H]3C)c3ccccc23)SC1=S. The lowest BCUT2D eigenvalue weighted by Gasteiger charge is -2.33. The van der Waals surface area contributed by atoms with Crippen molar-refractivity contribution in [2.75, 3.05) is 26.8 Å². The Hall–Kier alpha value is -2.16. The van der Waals surface area contributed by atoms with Gasteiger partial charge in [0.25, 0.3) is 5.91 Å². The largest absolute Gasteiger partial charge is 0.383 e. The summed E-state index contributed by atoms with van der Waals surface area (Å²) in [5.74, 6) is 0.0486. The number of para-hydroxylation sites is 1. The van der Waals surface area contributed by atoms with Crippen LogP contribution in [0.3, 0.4) is 0 Å². The number of methoxy groups -OCH3 is 1. The normalized spacial score (nSPS) is 21.0. The third-order valence-electron chi connectivity index (χ3n) is 5.93. The molecule has 2 amide bonds. The van der Waals surface area contributed by atoms with Crippen LogP contribution in [0.15, 0.2) is 35.4 Å². The summed E-state index contributed by atoms with van der Waals surface area (Å²) in [5.41, 5.74) is 1.91. The van der Waals surface area contributed by atoms with E-state index in [-0.39, 0.29) is 17.9 Å². The summed E-state index contributed by atoms with van der Waals surface area (Å²) in [4.78, 5) is 30.0. The summed E-state index contributed by atoms with van der Waals surface area (Å²) in [7, 11) is 1.61. The van der Waals surface area contributed by atoms with E-state index in [1.807, 2.05) is 46.0 Å². The van der Waals surface area contributed by atoms with Crippen LogP contribution in [-0.2, 0) is 20.9 Å². The minimum absolute atomic E-state index is 0.0953. The van der Waals surface area contributed by atoms with Crippen LogP contribution in [-0.4, -0.2) is 63.3 Å². The molecule has 0 bridgehead atoms. The lowest BCUT2D eigenvalue weighted by atomic mass is 10.0. The zero-order valence-corrected chi connectivity index (χ0v) is 19.5. The molecule has 1 atom stereocenters. The van der Waals surface area contributed by atoms with Crippen LogP contribution in [0, 0.1) is 0 Å². The van der Waals surface area contributed by atoms with Crippen molar-refractivity contribution in [3.05, 3.63) is 40.9 Å². The number of thioether (sulfide) groups is 1. The van der Waals surface area contributed by atoms with Gasteiger partial charge >= 0.3 is 0 Å². The zero-order valence-electron chi connectivity index (χ0n) is 17.9. The van der Waals surface area contributed by atoms with Crippen LogP contribution in [0.4, 0.5) is 0 Å². The van der Waals surface area contributed by atoms with E-state index in [2.05, 4.69) is 6.92 Å². The molecule has 0 aliphatic carbocycles. The molecule has 164 valence electrons. The molecule has 31 heavy (non-hydrogen) atoms. The molecule has 8 heteroatoms. The number of piperidine rings is 1. The lowest BCUT2D eigenvalue weighted by molar-refractivity contribution is -0.135. The Morgan fingerprint density at radius 2 is 2.13 bits per heavy atom. The topological polar surface area (TPSA) is 54.8 Å². The van der Waals surface area contributed by atoms with Crippen molar-refractivity contribution in [3.63, 3.8) is 0 Å². The first kappa shape index (κ1) is 22.0. The molecule has 2 fully saturated rings. The third-order valence-corrected chi connectivity index (χ3v) is 7.31. The van der Waals surface area contributed by atoms with Crippen LogP contribution in [0.5, 0.6) is 0 Å². The van der Waals surface area contributed by atoms with E-state index < -0.39 is 0 Å². The van der Waals surface area contributed by atoms with Gasteiger partial charge in [-0.3, -0.25) is 14.5 Å². The highest BCUT2D eigenvalue weighted by Crippen LogP contribution is 2.34. The number of likely N-dealkylation sites (tertiary alicyclic amines) is 1. The second-order valence-corrected chi connectivity index (χ2v) is 9.66. The van der Waals surface area contributed by atoms with E-state index in [4.69, 9.17) is 17.0 Å². The van der Waals surface area contributed by atoms with E-state index in [9.17, 15) is 9.59 Å². The number of hydrogen-bond acceptors (Lipinski definition) is 5. The molecule has 2 aliphatic rings. The van der Waals surface area contributed by atoms with Crippen molar-refractivity contribution in [2.45, 2.75) is 38.8 Å². The average Bonchev–Trinajstić information content (AvgIpc) is 3.24. The van der Waals surface area contributed by atoms with Gasteiger partial charge in [-0.25, -0.2) is 0 Å². The highest BCUT2D eigenvalue weighted by Gasteiger charge is 2.32. The highest BCUT2D eigenvalue weighted by atomic mass is 32.2. The molecule has 1 aromatic carbocycles. The summed E-state index contributed by atoms with van der Waals surface area (Å²) in [6.45, 7) is 4.14. The number of rotatable bonds is 6. The smallest absolute Gasteiger partial charge is 0.266 e. The first-order valence-corrected chi connectivity index (χ1v) is 11.8. The Kier molecular flexibility index (Phi) is 6.79. The minimum Gasteiger partial charge on any atom is -0.383 e. The van der Waals surface area contributed by atoms with E-state index in [0.29, 0.717) is 28.9 Å². The second kappa shape index (κ2) is 9.54. The Morgan fingerprint density at radius 1 is 1.32 bits per heavy atom. The lowest BCUT2D eigenvalue weighted by Crippen LogP contribution is -2.43. The van der Waals surface area contributed by atoms with Crippen molar-refractivity contribution in [1.82, 2.24) is 14.4 Å². The highest BCUT2D eigenvalue weighted by molar-refractivity contribution is 8.26. The number of aromatic nitrogens is 1. The van der Waals surface area contributed by atoms with Gasteiger partial charge in [-0.05, 0) is 38.3 Å². The van der Waals surface area contributed by atoms with Gasteiger partial charge in [0.2, 0.25) is 5.91 Å². The first-order valence-electron chi connectivity index (χ1n) is 10.6. The van der Waals surface area contributed by atoms with Gasteiger partial charge in [-0.2, -0.15) is 0 Å². The Morgan fingerprint density at radius 3 is 2.90 bits per heavy atom. The van der Waals surface area contributed by atoms with Crippen LogP contribution in [0.2, 0.25) is 0 Å². The van der Waals surface area contributed by atoms with Gasteiger partial charge in [0.1, 0.15) is 10.9 Å². The molecule has 4 rings (SSSR count). The molecule has 0 N–H and O–H groups in total. The quantitative estimate of drug-likeness (QED) is 0.487. The van der Waals surface area contributed by atoms with Gasteiger partial charge in [0, 0.05) is 42.4 Å². The Labute approximate surface area is 192 Å². The zero-order chi connectivity index (χ0) is 22.0. The Bertz CT molecular complexity index is 1050. The average molecular weight is 458 g/mol. The number of thiocarbonyl (C=S) groups is 1.